The van der Waals surface area contributed by atoms with E-state index in [2.05, 4.69) is 15.4 Å². The second kappa shape index (κ2) is 7.10. The number of hydrogen-bond donors (Lipinski definition) is 3. The maximum absolute atomic E-state index is 12.4. The van der Waals surface area contributed by atoms with Gasteiger partial charge in [0.2, 0.25) is 10.0 Å². The summed E-state index contributed by atoms with van der Waals surface area (Å²) in [5.74, 6) is -0.224. The zero-order valence-electron chi connectivity index (χ0n) is 15.1. The average Bonchev–Trinajstić information content (AvgIpc) is 2.69. The van der Waals surface area contributed by atoms with E-state index in [1.165, 1.54) is 0 Å². The van der Waals surface area contributed by atoms with Gasteiger partial charge >= 0.3 is 0 Å². The Hall–Kier alpha value is -3.16. The van der Waals surface area contributed by atoms with Crippen LogP contribution in [0.25, 0.3) is 0 Å². The average molecular weight is 393 g/mol. The molecule has 0 bridgehead atoms. The van der Waals surface area contributed by atoms with E-state index >= 15 is 0 Å². The topological polar surface area (TPSA) is 87.3 Å². The quantitative estimate of drug-likeness (QED) is 0.634. The molecule has 3 aromatic carbocycles. The molecule has 4 rings (SSSR count). The molecule has 7 heteroatoms. The molecule has 3 aromatic rings. The summed E-state index contributed by atoms with van der Waals surface area (Å²) < 4.78 is 27.5. The molecule has 28 heavy (non-hydrogen) atoms. The van der Waals surface area contributed by atoms with E-state index in [4.69, 9.17) is 0 Å². The lowest BCUT2D eigenvalue weighted by Gasteiger charge is -2.28. The van der Waals surface area contributed by atoms with Gasteiger partial charge in [-0.1, -0.05) is 42.0 Å². The number of carbonyl (C=O) groups excluding carboxylic acids is 1. The highest BCUT2D eigenvalue weighted by atomic mass is 32.2. The van der Waals surface area contributed by atoms with E-state index in [0.29, 0.717) is 16.8 Å². The van der Waals surface area contributed by atoms with Crippen LogP contribution in [0.1, 0.15) is 27.7 Å². The maximum atomic E-state index is 12.4. The van der Waals surface area contributed by atoms with Gasteiger partial charge in [0.1, 0.15) is 11.1 Å². The summed E-state index contributed by atoms with van der Waals surface area (Å²) in [6, 6.07) is 21.1. The lowest BCUT2D eigenvalue weighted by molar-refractivity contribution is 0.102. The first-order valence-electron chi connectivity index (χ1n) is 8.78. The number of sulfonamides is 1. The number of para-hydroxylation sites is 1. The SMILES string of the molecule is Cc1ccc(NC(=O)c2ccc([C@H]3Nc4ccccc4S(=O)(=O)N3)cc2)cc1. The summed E-state index contributed by atoms with van der Waals surface area (Å²) in [4.78, 5) is 12.6. The first-order valence-corrected chi connectivity index (χ1v) is 10.3. The van der Waals surface area contributed by atoms with Crippen molar-refractivity contribution in [2.24, 2.45) is 0 Å². The molecule has 6 nitrogen and oxygen atoms in total. The van der Waals surface area contributed by atoms with Crippen molar-refractivity contribution in [3.8, 4) is 0 Å². The monoisotopic (exact) mass is 393 g/mol. The molecule has 0 saturated heterocycles. The third kappa shape index (κ3) is 3.62. The third-order valence-corrected chi connectivity index (χ3v) is 6.05. The fraction of sp³-hybridized carbons (Fsp3) is 0.0952. The number of aryl methyl sites for hydroxylation is 1. The molecular weight excluding hydrogens is 374 g/mol. The number of rotatable bonds is 3. The smallest absolute Gasteiger partial charge is 0.255 e. The van der Waals surface area contributed by atoms with E-state index in [0.717, 1.165) is 11.3 Å². The van der Waals surface area contributed by atoms with Gasteiger partial charge in [0.15, 0.2) is 0 Å². The normalized spacial score (nSPS) is 17.2. The third-order valence-electron chi connectivity index (χ3n) is 4.57. The summed E-state index contributed by atoms with van der Waals surface area (Å²) in [6.07, 6.45) is -0.603. The Labute approximate surface area is 163 Å². The standard InChI is InChI=1S/C21H19N3O3S/c1-14-6-12-17(13-7-14)22-21(25)16-10-8-15(9-11-16)20-23-18-4-2-3-5-19(18)28(26,27)24-20/h2-13,20,23-24H,1H3,(H,22,25)/t20-/m0/s1. The van der Waals surface area contributed by atoms with Gasteiger partial charge in [-0.15, -0.1) is 0 Å². The fourth-order valence-corrected chi connectivity index (χ4v) is 4.35. The molecule has 142 valence electrons. The Morgan fingerprint density at radius 3 is 2.32 bits per heavy atom. The van der Waals surface area contributed by atoms with E-state index < -0.39 is 16.2 Å². The van der Waals surface area contributed by atoms with E-state index in [1.807, 2.05) is 31.2 Å². The Balaban J connectivity index is 1.52. The summed E-state index contributed by atoms with van der Waals surface area (Å²) in [7, 11) is -3.60. The molecule has 0 spiro atoms. The Kier molecular flexibility index (Phi) is 4.62. The predicted molar refractivity (Wildman–Crippen MR) is 109 cm³/mol. The first kappa shape index (κ1) is 18.2. The minimum absolute atomic E-state index is 0.223. The van der Waals surface area contributed by atoms with Crippen LogP contribution in [0, 0.1) is 6.92 Å². The minimum atomic E-state index is -3.60. The van der Waals surface area contributed by atoms with Crippen LogP contribution >= 0.6 is 0 Å². The largest absolute Gasteiger partial charge is 0.364 e. The van der Waals surface area contributed by atoms with Crippen LogP contribution in [-0.4, -0.2) is 14.3 Å². The predicted octanol–water partition coefficient (Wildman–Crippen LogP) is 3.65. The zero-order valence-corrected chi connectivity index (χ0v) is 16.0. The van der Waals surface area contributed by atoms with Crippen LogP contribution < -0.4 is 15.4 Å². The van der Waals surface area contributed by atoms with Crippen molar-refractivity contribution in [1.82, 2.24) is 4.72 Å². The lowest BCUT2D eigenvalue weighted by Crippen LogP contribution is -2.38. The molecule has 0 radical (unpaired) electrons. The van der Waals surface area contributed by atoms with Gasteiger partial charge in [-0.3, -0.25) is 4.79 Å². The second-order valence-corrected chi connectivity index (χ2v) is 8.32. The van der Waals surface area contributed by atoms with Crippen molar-refractivity contribution in [2.45, 2.75) is 18.0 Å². The molecule has 1 heterocycles. The number of carbonyl (C=O) groups is 1. The van der Waals surface area contributed by atoms with Crippen molar-refractivity contribution in [2.75, 3.05) is 10.6 Å². The number of amides is 1. The molecule has 0 aromatic heterocycles. The van der Waals surface area contributed by atoms with Crippen molar-refractivity contribution < 1.29 is 13.2 Å². The van der Waals surface area contributed by atoms with Crippen LogP contribution in [0.3, 0.4) is 0 Å². The zero-order chi connectivity index (χ0) is 19.7. The molecule has 1 aliphatic heterocycles. The van der Waals surface area contributed by atoms with Gasteiger partial charge in [0.25, 0.3) is 5.91 Å². The number of fused-ring (bicyclic) bond motifs is 1. The van der Waals surface area contributed by atoms with Gasteiger partial charge in [-0.05, 0) is 48.9 Å². The van der Waals surface area contributed by atoms with E-state index in [-0.39, 0.29) is 10.8 Å². The van der Waals surface area contributed by atoms with Gasteiger partial charge < -0.3 is 10.6 Å². The fourth-order valence-electron chi connectivity index (χ4n) is 3.04. The van der Waals surface area contributed by atoms with Crippen LogP contribution in [0.15, 0.2) is 77.7 Å². The number of hydrogen-bond acceptors (Lipinski definition) is 4. The highest BCUT2D eigenvalue weighted by molar-refractivity contribution is 7.89. The van der Waals surface area contributed by atoms with Crippen molar-refractivity contribution in [1.29, 1.82) is 0 Å². The highest BCUT2D eigenvalue weighted by Crippen LogP contribution is 2.30. The van der Waals surface area contributed by atoms with Gasteiger partial charge in [0.05, 0.1) is 5.69 Å². The molecule has 3 N–H and O–H groups in total. The molecule has 1 aliphatic rings. The molecule has 0 fully saturated rings. The number of nitrogens with one attached hydrogen (secondary N) is 3. The molecule has 1 atom stereocenters. The number of benzene rings is 3. The second-order valence-electron chi connectivity index (χ2n) is 6.64. The van der Waals surface area contributed by atoms with Crippen LogP contribution in [0.4, 0.5) is 11.4 Å². The summed E-state index contributed by atoms with van der Waals surface area (Å²) in [5, 5.41) is 6.02. The summed E-state index contributed by atoms with van der Waals surface area (Å²) >= 11 is 0. The summed E-state index contributed by atoms with van der Waals surface area (Å²) in [5.41, 5.74) is 3.59. The molecular formula is C21H19N3O3S. The molecule has 0 aliphatic carbocycles. The van der Waals surface area contributed by atoms with Gasteiger partial charge in [-0.25, -0.2) is 8.42 Å². The Morgan fingerprint density at radius 2 is 1.61 bits per heavy atom. The van der Waals surface area contributed by atoms with Gasteiger partial charge in [0, 0.05) is 11.3 Å². The lowest BCUT2D eigenvalue weighted by atomic mass is 10.1. The van der Waals surface area contributed by atoms with Crippen LogP contribution in [-0.2, 0) is 10.0 Å². The molecule has 0 saturated carbocycles. The summed E-state index contributed by atoms with van der Waals surface area (Å²) in [6.45, 7) is 1.98. The van der Waals surface area contributed by atoms with Crippen LogP contribution in [0.5, 0.6) is 0 Å². The van der Waals surface area contributed by atoms with Crippen molar-refractivity contribution >= 4 is 27.3 Å². The van der Waals surface area contributed by atoms with Gasteiger partial charge in [-0.2, -0.15) is 4.72 Å². The minimum Gasteiger partial charge on any atom is -0.364 e. The number of anilines is 2. The highest BCUT2D eigenvalue weighted by Gasteiger charge is 2.29. The van der Waals surface area contributed by atoms with Crippen molar-refractivity contribution in [3.05, 3.63) is 89.5 Å². The first-order chi connectivity index (χ1) is 13.4. The Morgan fingerprint density at radius 1 is 0.929 bits per heavy atom. The van der Waals surface area contributed by atoms with E-state index in [1.54, 1.807) is 48.5 Å². The van der Waals surface area contributed by atoms with E-state index in [9.17, 15) is 13.2 Å². The molecule has 1 amide bonds. The Bertz CT molecular complexity index is 1120. The van der Waals surface area contributed by atoms with Crippen LogP contribution in [0.2, 0.25) is 0 Å². The molecule has 0 unspecified atom stereocenters. The van der Waals surface area contributed by atoms with Crippen molar-refractivity contribution in [3.63, 3.8) is 0 Å². The maximum Gasteiger partial charge on any atom is 0.255 e.